The number of aliphatic hydroxyl groups excluding tert-OH is 1. The van der Waals surface area contributed by atoms with Crippen LogP contribution in [0.1, 0.15) is 24.0 Å². The highest BCUT2D eigenvalue weighted by atomic mass is 19.4. The van der Waals surface area contributed by atoms with Crippen LogP contribution in [-0.4, -0.2) is 18.2 Å². The fourth-order valence-corrected chi connectivity index (χ4v) is 2.26. The Morgan fingerprint density at radius 3 is 2.35 bits per heavy atom. The molecule has 1 heterocycles. The number of halogens is 3. The maximum Gasteiger partial charge on any atom is 0.416 e. The van der Waals surface area contributed by atoms with E-state index in [4.69, 9.17) is 0 Å². The second-order valence-corrected chi connectivity index (χ2v) is 4.15. The highest BCUT2D eigenvalue weighted by Gasteiger charge is 2.34. The molecular weight excluding hydrogens is 231 g/mol. The number of aliphatic hydroxyl groups is 1. The summed E-state index contributed by atoms with van der Waals surface area (Å²) in [5.74, 6) is 0. The fraction of sp³-hybridized carbons (Fsp3) is 0.500. The molecule has 1 aromatic carbocycles. The van der Waals surface area contributed by atoms with Gasteiger partial charge < -0.3 is 10.0 Å². The van der Waals surface area contributed by atoms with Gasteiger partial charge in [0.25, 0.3) is 0 Å². The molecule has 0 spiro atoms. The van der Waals surface area contributed by atoms with Crippen molar-refractivity contribution in [1.82, 2.24) is 0 Å². The first-order valence-electron chi connectivity index (χ1n) is 5.59. The molecule has 0 aromatic heterocycles. The van der Waals surface area contributed by atoms with Gasteiger partial charge in [-0.1, -0.05) is 6.07 Å². The van der Waals surface area contributed by atoms with E-state index < -0.39 is 18.3 Å². The average molecular weight is 245 g/mol. The van der Waals surface area contributed by atoms with Gasteiger partial charge in [0.05, 0.1) is 12.2 Å². The Kier molecular flexibility index (Phi) is 3.28. The maximum absolute atomic E-state index is 12.8. The van der Waals surface area contributed by atoms with Crippen LogP contribution in [0.4, 0.5) is 18.9 Å². The number of alkyl halides is 3. The summed E-state index contributed by atoms with van der Waals surface area (Å²) in [7, 11) is 0. The topological polar surface area (TPSA) is 23.5 Å². The van der Waals surface area contributed by atoms with Gasteiger partial charge in [-0.25, -0.2) is 0 Å². The number of hydrogen-bond acceptors (Lipinski definition) is 2. The highest BCUT2D eigenvalue weighted by Crippen LogP contribution is 2.37. The molecule has 0 bridgehead atoms. The number of hydrogen-bond donors (Lipinski definition) is 1. The Labute approximate surface area is 97.7 Å². The molecule has 0 atom stereocenters. The van der Waals surface area contributed by atoms with Crippen molar-refractivity contribution in [2.24, 2.45) is 0 Å². The quantitative estimate of drug-likeness (QED) is 0.866. The Morgan fingerprint density at radius 2 is 1.82 bits per heavy atom. The van der Waals surface area contributed by atoms with Crippen LogP contribution in [-0.2, 0) is 12.8 Å². The average Bonchev–Trinajstić information content (AvgIpc) is 2.80. The van der Waals surface area contributed by atoms with Crippen LogP contribution in [0.3, 0.4) is 0 Å². The third kappa shape index (κ3) is 2.39. The van der Waals surface area contributed by atoms with Crippen molar-refractivity contribution in [2.45, 2.75) is 25.6 Å². The van der Waals surface area contributed by atoms with Gasteiger partial charge in [-0.2, -0.15) is 13.2 Å². The van der Waals surface area contributed by atoms with E-state index in [0.717, 1.165) is 32.0 Å². The van der Waals surface area contributed by atoms with Crippen molar-refractivity contribution in [3.05, 3.63) is 29.3 Å². The van der Waals surface area contributed by atoms with E-state index in [2.05, 4.69) is 0 Å². The Bertz CT molecular complexity index is 397. The molecule has 1 saturated heterocycles. The fourth-order valence-electron chi connectivity index (χ4n) is 2.26. The summed E-state index contributed by atoms with van der Waals surface area (Å²) in [6.45, 7) is 0.935. The first-order chi connectivity index (χ1) is 8.04. The van der Waals surface area contributed by atoms with Crippen molar-refractivity contribution in [3.63, 3.8) is 0 Å². The normalized spacial score (nSPS) is 16.6. The summed E-state index contributed by atoms with van der Waals surface area (Å²) in [6.07, 6.45) is -2.43. The van der Waals surface area contributed by atoms with Crippen molar-refractivity contribution in [2.75, 3.05) is 18.0 Å². The minimum atomic E-state index is -4.41. The van der Waals surface area contributed by atoms with E-state index in [1.165, 1.54) is 6.07 Å². The molecule has 17 heavy (non-hydrogen) atoms. The number of anilines is 1. The third-order valence-corrected chi connectivity index (χ3v) is 3.06. The van der Waals surface area contributed by atoms with Gasteiger partial charge in [0, 0.05) is 24.3 Å². The molecule has 0 aliphatic carbocycles. The predicted octanol–water partition coefficient (Wildman–Crippen LogP) is 2.80. The first kappa shape index (κ1) is 12.2. The molecule has 94 valence electrons. The molecule has 2 nitrogen and oxygen atoms in total. The van der Waals surface area contributed by atoms with E-state index in [-0.39, 0.29) is 5.56 Å². The van der Waals surface area contributed by atoms with E-state index >= 15 is 0 Å². The molecule has 5 heteroatoms. The number of rotatable bonds is 2. The summed E-state index contributed by atoms with van der Waals surface area (Å²) in [6, 6.07) is 4.06. The minimum absolute atomic E-state index is 0.0121. The zero-order valence-corrected chi connectivity index (χ0v) is 9.30. The monoisotopic (exact) mass is 245 g/mol. The molecule has 1 aliphatic heterocycles. The van der Waals surface area contributed by atoms with E-state index in [0.29, 0.717) is 5.69 Å². The SMILES string of the molecule is OCc1c(N2CCCC2)cccc1C(F)(F)F. The molecule has 0 unspecified atom stereocenters. The second-order valence-electron chi connectivity index (χ2n) is 4.15. The Morgan fingerprint density at radius 1 is 1.18 bits per heavy atom. The molecule has 1 fully saturated rings. The summed E-state index contributed by atoms with van der Waals surface area (Å²) in [5, 5.41) is 9.20. The van der Waals surface area contributed by atoms with Crippen LogP contribution in [0, 0.1) is 0 Å². The third-order valence-electron chi connectivity index (χ3n) is 3.06. The largest absolute Gasteiger partial charge is 0.416 e. The lowest BCUT2D eigenvalue weighted by atomic mass is 10.0. The van der Waals surface area contributed by atoms with Gasteiger partial charge in [0.15, 0.2) is 0 Å². The maximum atomic E-state index is 12.8. The van der Waals surface area contributed by atoms with Crippen molar-refractivity contribution < 1.29 is 18.3 Å². The van der Waals surface area contributed by atoms with Gasteiger partial charge in [0.1, 0.15) is 0 Å². The van der Waals surface area contributed by atoms with Crippen molar-refractivity contribution in [1.29, 1.82) is 0 Å². The lowest BCUT2D eigenvalue weighted by Crippen LogP contribution is -2.21. The van der Waals surface area contributed by atoms with Gasteiger partial charge >= 0.3 is 6.18 Å². The predicted molar refractivity (Wildman–Crippen MR) is 58.8 cm³/mol. The smallest absolute Gasteiger partial charge is 0.392 e. The zero-order valence-electron chi connectivity index (χ0n) is 9.30. The Hall–Kier alpha value is -1.23. The molecule has 0 amide bonds. The van der Waals surface area contributed by atoms with E-state index in [1.54, 1.807) is 6.07 Å². The molecule has 0 saturated carbocycles. The van der Waals surface area contributed by atoms with Gasteiger partial charge in [0.2, 0.25) is 0 Å². The summed E-state index contributed by atoms with van der Waals surface area (Å²) >= 11 is 0. The van der Waals surface area contributed by atoms with Gasteiger partial charge in [-0.15, -0.1) is 0 Å². The molecule has 1 aromatic rings. The number of benzene rings is 1. The molecule has 1 N–H and O–H groups in total. The minimum Gasteiger partial charge on any atom is -0.392 e. The van der Waals surface area contributed by atoms with Gasteiger partial charge in [-0.05, 0) is 25.0 Å². The van der Waals surface area contributed by atoms with E-state index in [9.17, 15) is 18.3 Å². The van der Waals surface area contributed by atoms with Crippen LogP contribution in [0.15, 0.2) is 18.2 Å². The molecule has 1 aliphatic rings. The zero-order chi connectivity index (χ0) is 12.5. The van der Waals surface area contributed by atoms with Crippen molar-refractivity contribution >= 4 is 5.69 Å². The van der Waals surface area contributed by atoms with Crippen LogP contribution in [0.25, 0.3) is 0 Å². The summed E-state index contributed by atoms with van der Waals surface area (Å²) in [5.41, 5.74) is -0.230. The highest BCUT2D eigenvalue weighted by molar-refractivity contribution is 5.57. The van der Waals surface area contributed by atoms with Crippen LogP contribution < -0.4 is 4.90 Å². The van der Waals surface area contributed by atoms with Crippen molar-refractivity contribution in [3.8, 4) is 0 Å². The summed E-state index contributed by atoms with van der Waals surface area (Å²) in [4.78, 5) is 1.90. The Balaban J connectivity index is 2.45. The lowest BCUT2D eigenvalue weighted by molar-refractivity contribution is -0.138. The molecule has 2 rings (SSSR count). The van der Waals surface area contributed by atoms with Crippen LogP contribution >= 0.6 is 0 Å². The number of nitrogens with zero attached hydrogens (tertiary/aromatic N) is 1. The van der Waals surface area contributed by atoms with E-state index in [1.807, 2.05) is 4.90 Å². The lowest BCUT2D eigenvalue weighted by Gasteiger charge is -2.23. The molecular formula is C12H14F3NO. The standard InChI is InChI=1S/C12H14F3NO/c13-12(14,15)10-4-3-5-11(9(10)8-17)16-6-1-2-7-16/h3-5,17H,1-2,6-8H2. The van der Waals surface area contributed by atoms with Crippen LogP contribution in [0.2, 0.25) is 0 Å². The second kappa shape index (κ2) is 4.56. The first-order valence-corrected chi connectivity index (χ1v) is 5.59. The summed E-state index contributed by atoms with van der Waals surface area (Å²) < 4.78 is 38.3. The van der Waals surface area contributed by atoms with Crippen LogP contribution in [0.5, 0.6) is 0 Å². The molecule has 0 radical (unpaired) electrons. The van der Waals surface area contributed by atoms with Gasteiger partial charge in [-0.3, -0.25) is 0 Å².